The van der Waals surface area contributed by atoms with Gasteiger partial charge in [-0.15, -0.1) is 0 Å². The number of rotatable bonds is 4. The maximum absolute atomic E-state index is 13.3. The highest BCUT2D eigenvalue weighted by atomic mass is 35.5. The predicted molar refractivity (Wildman–Crippen MR) is 61.8 cm³/mol. The van der Waals surface area contributed by atoms with Gasteiger partial charge in [-0.05, 0) is 17.9 Å². The molecule has 0 radical (unpaired) electrons. The molecule has 0 saturated heterocycles. The van der Waals surface area contributed by atoms with E-state index in [9.17, 15) is 4.39 Å². The number of halogens is 2. The van der Waals surface area contributed by atoms with Gasteiger partial charge in [0.05, 0.1) is 5.02 Å². The van der Waals surface area contributed by atoms with Gasteiger partial charge in [0.1, 0.15) is 0 Å². The average Bonchev–Trinajstić information content (AvgIpc) is 2.16. The van der Waals surface area contributed by atoms with Gasteiger partial charge in [0.2, 0.25) is 0 Å². The third-order valence-electron chi connectivity index (χ3n) is 2.50. The number of nitrogens with one attached hydrogen (secondary N) is 1. The lowest BCUT2D eigenvalue weighted by atomic mass is 9.90. The molecule has 0 bridgehead atoms. The molecular weight excluding hydrogens is 215 g/mol. The number of nitrogens with zero attached hydrogens (tertiary/aromatic N) is 1. The molecule has 1 N–H and O–H groups in total. The maximum Gasteiger partial charge on any atom is 0.166 e. The standard InChI is InChI=1S/C11H16ClFN2/c1-4-11(2,3)7-15-10-9(13)5-8(12)6-14-10/h5-6H,4,7H2,1-3H3,(H,14,15). The highest BCUT2D eigenvalue weighted by Gasteiger charge is 2.15. The summed E-state index contributed by atoms with van der Waals surface area (Å²) < 4.78 is 13.3. The van der Waals surface area contributed by atoms with Crippen molar-refractivity contribution in [1.29, 1.82) is 0 Å². The molecule has 1 aromatic rings. The first-order chi connectivity index (χ1) is 6.94. The molecule has 0 aliphatic rings. The molecule has 0 unspecified atom stereocenters. The third-order valence-corrected chi connectivity index (χ3v) is 2.71. The molecule has 0 atom stereocenters. The first-order valence-electron chi connectivity index (χ1n) is 4.99. The minimum atomic E-state index is -0.408. The number of anilines is 1. The summed E-state index contributed by atoms with van der Waals surface area (Å²) in [6.45, 7) is 7.03. The summed E-state index contributed by atoms with van der Waals surface area (Å²) in [6, 6.07) is 1.26. The smallest absolute Gasteiger partial charge is 0.166 e. The van der Waals surface area contributed by atoms with Crippen molar-refractivity contribution in [2.45, 2.75) is 27.2 Å². The van der Waals surface area contributed by atoms with Crippen LogP contribution in [0.3, 0.4) is 0 Å². The van der Waals surface area contributed by atoms with E-state index < -0.39 is 5.82 Å². The van der Waals surface area contributed by atoms with Crippen LogP contribution in [0.2, 0.25) is 5.02 Å². The van der Waals surface area contributed by atoms with Crippen LogP contribution >= 0.6 is 11.6 Å². The van der Waals surface area contributed by atoms with E-state index in [2.05, 4.69) is 31.1 Å². The summed E-state index contributed by atoms with van der Waals surface area (Å²) in [5.41, 5.74) is 0.133. The fraction of sp³-hybridized carbons (Fsp3) is 0.545. The number of pyridine rings is 1. The van der Waals surface area contributed by atoms with E-state index >= 15 is 0 Å². The summed E-state index contributed by atoms with van der Waals surface area (Å²) in [5.74, 6) is -0.143. The van der Waals surface area contributed by atoms with Crippen molar-refractivity contribution in [3.05, 3.63) is 23.1 Å². The molecule has 0 aliphatic heterocycles. The van der Waals surface area contributed by atoms with Gasteiger partial charge < -0.3 is 5.32 Å². The maximum atomic E-state index is 13.3. The summed E-state index contributed by atoms with van der Waals surface area (Å²) in [6.07, 6.45) is 2.46. The van der Waals surface area contributed by atoms with Crippen LogP contribution in [-0.2, 0) is 0 Å². The Bertz CT molecular complexity index is 339. The highest BCUT2D eigenvalue weighted by Crippen LogP contribution is 2.21. The van der Waals surface area contributed by atoms with E-state index in [0.29, 0.717) is 11.6 Å². The first kappa shape index (κ1) is 12.2. The number of hydrogen-bond donors (Lipinski definition) is 1. The zero-order valence-corrected chi connectivity index (χ0v) is 10.0. The molecule has 4 heteroatoms. The molecule has 1 rings (SSSR count). The van der Waals surface area contributed by atoms with E-state index in [4.69, 9.17) is 11.6 Å². The molecule has 0 saturated carbocycles. The minimum absolute atomic E-state index is 0.133. The Morgan fingerprint density at radius 3 is 2.73 bits per heavy atom. The van der Waals surface area contributed by atoms with E-state index in [0.717, 1.165) is 6.42 Å². The Kier molecular flexibility index (Phi) is 3.91. The second-order valence-corrected chi connectivity index (χ2v) is 4.79. The molecule has 0 aliphatic carbocycles. The van der Waals surface area contributed by atoms with Crippen LogP contribution in [0.25, 0.3) is 0 Å². The van der Waals surface area contributed by atoms with Gasteiger partial charge in [-0.1, -0.05) is 32.4 Å². The number of hydrogen-bond acceptors (Lipinski definition) is 2. The van der Waals surface area contributed by atoms with Gasteiger partial charge >= 0.3 is 0 Å². The Labute approximate surface area is 94.9 Å². The van der Waals surface area contributed by atoms with Crippen LogP contribution in [0.15, 0.2) is 12.3 Å². The molecule has 15 heavy (non-hydrogen) atoms. The normalized spacial score (nSPS) is 11.5. The Morgan fingerprint density at radius 1 is 1.53 bits per heavy atom. The SMILES string of the molecule is CCC(C)(C)CNc1ncc(Cl)cc1F. The van der Waals surface area contributed by atoms with Crippen molar-refractivity contribution >= 4 is 17.4 Å². The van der Waals surface area contributed by atoms with Gasteiger partial charge in [-0.2, -0.15) is 0 Å². The van der Waals surface area contributed by atoms with Crippen LogP contribution in [0.1, 0.15) is 27.2 Å². The fourth-order valence-corrected chi connectivity index (χ4v) is 1.14. The van der Waals surface area contributed by atoms with Crippen molar-refractivity contribution in [3.63, 3.8) is 0 Å². The van der Waals surface area contributed by atoms with Gasteiger partial charge in [-0.25, -0.2) is 9.37 Å². The summed E-state index contributed by atoms with van der Waals surface area (Å²) >= 11 is 5.60. The molecule has 1 aromatic heterocycles. The van der Waals surface area contributed by atoms with Crippen molar-refractivity contribution in [1.82, 2.24) is 4.98 Å². The second-order valence-electron chi connectivity index (χ2n) is 4.36. The van der Waals surface area contributed by atoms with Gasteiger partial charge in [-0.3, -0.25) is 0 Å². The lowest BCUT2D eigenvalue weighted by Crippen LogP contribution is -2.22. The summed E-state index contributed by atoms with van der Waals surface area (Å²) in [5, 5.41) is 3.30. The molecule has 1 heterocycles. The second kappa shape index (κ2) is 4.79. The quantitative estimate of drug-likeness (QED) is 0.853. The summed E-state index contributed by atoms with van der Waals surface area (Å²) in [4.78, 5) is 3.90. The zero-order chi connectivity index (χ0) is 11.5. The Morgan fingerprint density at radius 2 is 2.20 bits per heavy atom. The van der Waals surface area contributed by atoms with E-state index in [-0.39, 0.29) is 11.2 Å². The molecule has 0 fully saturated rings. The lowest BCUT2D eigenvalue weighted by Gasteiger charge is -2.23. The largest absolute Gasteiger partial charge is 0.367 e. The monoisotopic (exact) mass is 230 g/mol. The molecule has 2 nitrogen and oxygen atoms in total. The minimum Gasteiger partial charge on any atom is -0.367 e. The molecule has 0 amide bonds. The van der Waals surface area contributed by atoms with Crippen molar-refractivity contribution in [2.24, 2.45) is 5.41 Å². The van der Waals surface area contributed by atoms with Crippen molar-refractivity contribution in [2.75, 3.05) is 11.9 Å². The first-order valence-corrected chi connectivity index (χ1v) is 5.37. The van der Waals surface area contributed by atoms with Crippen LogP contribution in [0.4, 0.5) is 10.2 Å². The lowest BCUT2D eigenvalue weighted by molar-refractivity contribution is 0.376. The molecule has 84 valence electrons. The van der Waals surface area contributed by atoms with E-state index in [1.54, 1.807) is 0 Å². The predicted octanol–water partition coefficient (Wildman–Crippen LogP) is 3.72. The highest BCUT2D eigenvalue weighted by molar-refractivity contribution is 6.30. The average molecular weight is 231 g/mol. The van der Waals surface area contributed by atoms with E-state index in [1.165, 1.54) is 12.3 Å². The van der Waals surface area contributed by atoms with Gasteiger partial charge in [0.15, 0.2) is 11.6 Å². The van der Waals surface area contributed by atoms with Crippen LogP contribution < -0.4 is 5.32 Å². The van der Waals surface area contributed by atoms with Crippen LogP contribution in [-0.4, -0.2) is 11.5 Å². The molecule has 0 aromatic carbocycles. The van der Waals surface area contributed by atoms with Crippen molar-refractivity contribution < 1.29 is 4.39 Å². The topological polar surface area (TPSA) is 24.9 Å². The molecular formula is C11H16ClFN2. The van der Waals surface area contributed by atoms with Gasteiger partial charge in [0, 0.05) is 12.7 Å². The van der Waals surface area contributed by atoms with Crippen LogP contribution in [0, 0.1) is 11.2 Å². The summed E-state index contributed by atoms with van der Waals surface area (Å²) in [7, 11) is 0. The molecule has 0 spiro atoms. The van der Waals surface area contributed by atoms with Crippen LogP contribution in [0.5, 0.6) is 0 Å². The third kappa shape index (κ3) is 3.67. The van der Waals surface area contributed by atoms with Gasteiger partial charge in [0.25, 0.3) is 0 Å². The van der Waals surface area contributed by atoms with E-state index in [1.807, 2.05) is 0 Å². The Hall–Kier alpha value is -0.830. The number of aromatic nitrogens is 1. The fourth-order valence-electron chi connectivity index (χ4n) is 0.993. The van der Waals surface area contributed by atoms with Crippen molar-refractivity contribution in [3.8, 4) is 0 Å². The Balaban J connectivity index is 2.66. The zero-order valence-electron chi connectivity index (χ0n) is 9.27.